The first kappa shape index (κ1) is 13.8. The van der Waals surface area contributed by atoms with Crippen molar-refractivity contribution >= 4 is 23.2 Å². The monoisotopic (exact) mass is 258 g/mol. The number of nitrogens with two attached hydrogens (primary N) is 1. The summed E-state index contributed by atoms with van der Waals surface area (Å²) in [5.74, 6) is -0.352. The minimum absolute atomic E-state index is 0.106. The fourth-order valence-electron chi connectivity index (χ4n) is 1.30. The number of aliphatic hydroxyl groups is 1. The molecule has 0 heterocycles. The van der Waals surface area contributed by atoms with Crippen molar-refractivity contribution in [3.05, 3.63) is 28.8 Å². The van der Waals surface area contributed by atoms with Gasteiger partial charge in [-0.05, 0) is 18.2 Å². The Balaban J connectivity index is 2.58. The molecular formula is C11H15ClN2O3. The van der Waals surface area contributed by atoms with E-state index in [9.17, 15) is 9.90 Å². The van der Waals surface area contributed by atoms with Crippen LogP contribution in [0, 0.1) is 0 Å². The van der Waals surface area contributed by atoms with Crippen LogP contribution in [-0.2, 0) is 4.74 Å². The summed E-state index contributed by atoms with van der Waals surface area (Å²) in [6.07, 6.45) is -0.738. The fourth-order valence-corrected chi connectivity index (χ4v) is 1.48. The van der Waals surface area contributed by atoms with E-state index in [0.29, 0.717) is 16.3 Å². The molecule has 0 aliphatic carbocycles. The number of benzene rings is 1. The number of methoxy groups -OCH3 is 1. The third-order valence-corrected chi connectivity index (χ3v) is 2.35. The number of hydrogen-bond donors (Lipinski definition) is 3. The van der Waals surface area contributed by atoms with Crippen molar-refractivity contribution in [2.45, 2.75) is 6.10 Å². The number of carbonyl (C=O) groups excluding carboxylic acids is 1. The molecule has 0 spiro atoms. The largest absolute Gasteiger partial charge is 0.398 e. The Morgan fingerprint density at radius 3 is 2.94 bits per heavy atom. The summed E-state index contributed by atoms with van der Waals surface area (Å²) < 4.78 is 4.74. The Labute approximate surface area is 105 Å². The van der Waals surface area contributed by atoms with Gasteiger partial charge in [0.1, 0.15) is 0 Å². The van der Waals surface area contributed by atoms with E-state index in [2.05, 4.69) is 5.32 Å². The highest BCUT2D eigenvalue weighted by Crippen LogP contribution is 2.17. The van der Waals surface area contributed by atoms with Gasteiger partial charge in [-0.3, -0.25) is 4.79 Å². The summed E-state index contributed by atoms with van der Waals surface area (Å²) in [5, 5.41) is 12.4. The molecule has 6 heteroatoms. The molecule has 0 aliphatic heterocycles. The van der Waals surface area contributed by atoms with Gasteiger partial charge in [0.05, 0.1) is 18.3 Å². The van der Waals surface area contributed by atoms with Gasteiger partial charge in [-0.15, -0.1) is 0 Å². The maximum Gasteiger partial charge on any atom is 0.253 e. The molecule has 17 heavy (non-hydrogen) atoms. The first-order valence-electron chi connectivity index (χ1n) is 5.04. The van der Waals surface area contributed by atoms with Crippen molar-refractivity contribution in [3.63, 3.8) is 0 Å². The number of rotatable bonds is 5. The average Bonchev–Trinajstić information content (AvgIpc) is 2.26. The van der Waals surface area contributed by atoms with E-state index in [4.69, 9.17) is 22.1 Å². The van der Waals surface area contributed by atoms with Gasteiger partial charge in [-0.25, -0.2) is 0 Å². The Hall–Kier alpha value is -1.30. The van der Waals surface area contributed by atoms with Crippen LogP contribution in [0.2, 0.25) is 5.02 Å². The third-order valence-electron chi connectivity index (χ3n) is 2.12. The summed E-state index contributed by atoms with van der Waals surface area (Å²) in [5.41, 5.74) is 6.29. The number of aliphatic hydroxyl groups excluding tert-OH is 1. The molecule has 0 radical (unpaired) electrons. The van der Waals surface area contributed by atoms with E-state index in [1.54, 1.807) is 6.07 Å². The molecule has 94 valence electrons. The van der Waals surface area contributed by atoms with E-state index in [0.717, 1.165) is 0 Å². The SMILES string of the molecule is COCC(O)CNC(=O)c1ccc(Cl)cc1N. The van der Waals surface area contributed by atoms with Crippen molar-refractivity contribution in [1.29, 1.82) is 0 Å². The second-order valence-electron chi connectivity index (χ2n) is 3.55. The number of halogens is 1. The zero-order valence-corrected chi connectivity index (χ0v) is 10.2. The van der Waals surface area contributed by atoms with E-state index in [1.165, 1.54) is 19.2 Å². The van der Waals surface area contributed by atoms with Gasteiger partial charge < -0.3 is 20.9 Å². The number of nitrogens with one attached hydrogen (secondary N) is 1. The highest BCUT2D eigenvalue weighted by molar-refractivity contribution is 6.31. The minimum atomic E-state index is -0.738. The lowest BCUT2D eigenvalue weighted by molar-refractivity contribution is 0.0610. The maximum atomic E-state index is 11.7. The molecule has 1 aromatic rings. The lowest BCUT2D eigenvalue weighted by Gasteiger charge is -2.11. The zero-order valence-electron chi connectivity index (χ0n) is 9.44. The molecule has 1 unspecified atom stereocenters. The summed E-state index contributed by atoms with van der Waals surface area (Å²) in [6, 6.07) is 4.62. The van der Waals surface area contributed by atoms with Gasteiger partial charge in [0.25, 0.3) is 5.91 Å². The number of amides is 1. The zero-order chi connectivity index (χ0) is 12.8. The molecule has 1 atom stereocenters. The standard InChI is InChI=1S/C11H15ClN2O3/c1-17-6-8(15)5-14-11(16)9-3-2-7(12)4-10(9)13/h2-4,8,15H,5-6,13H2,1H3,(H,14,16). The quantitative estimate of drug-likeness (QED) is 0.678. The molecule has 0 aliphatic rings. The molecule has 0 saturated heterocycles. The average molecular weight is 259 g/mol. The Kier molecular flexibility index (Phi) is 5.21. The third kappa shape index (κ3) is 4.22. The van der Waals surface area contributed by atoms with Crippen LogP contribution < -0.4 is 11.1 Å². The van der Waals surface area contributed by atoms with Gasteiger partial charge in [0.15, 0.2) is 0 Å². The predicted molar refractivity (Wildman–Crippen MR) is 66.1 cm³/mol. The van der Waals surface area contributed by atoms with Crippen LogP contribution in [0.3, 0.4) is 0 Å². The lowest BCUT2D eigenvalue weighted by Crippen LogP contribution is -2.34. The van der Waals surface area contributed by atoms with E-state index < -0.39 is 6.10 Å². The van der Waals surface area contributed by atoms with Crippen molar-refractivity contribution < 1.29 is 14.6 Å². The number of carbonyl (C=O) groups is 1. The summed E-state index contributed by atoms with van der Waals surface area (Å²) in [6.45, 7) is 0.269. The highest BCUT2D eigenvalue weighted by Gasteiger charge is 2.11. The second-order valence-corrected chi connectivity index (χ2v) is 3.99. The van der Waals surface area contributed by atoms with Gasteiger partial charge in [0.2, 0.25) is 0 Å². The van der Waals surface area contributed by atoms with E-state index >= 15 is 0 Å². The van der Waals surface area contributed by atoms with E-state index in [1.807, 2.05) is 0 Å². The molecule has 0 saturated carbocycles. The minimum Gasteiger partial charge on any atom is -0.398 e. The Bertz CT molecular complexity index is 398. The smallest absolute Gasteiger partial charge is 0.253 e. The molecule has 0 fully saturated rings. The topological polar surface area (TPSA) is 84.6 Å². The van der Waals surface area contributed by atoms with Gasteiger partial charge >= 0.3 is 0 Å². The molecule has 1 rings (SSSR count). The van der Waals surface area contributed by atoms with Crippen molar-refractivity contribution in [2.24, 2.45) is 0 Å². The molecule has 0 aromatic heterocycles. The molecule has 0 bridgehead atoms. The normalized spacial score (nSPS) is 12.2. The molecular weight excluding hydrogens is 244 g/mol. The van der Waals surface area contributed by atoms with Crippen LogP contribution in [0.4, 0.5) is 5.69 Å². The molecule has 1 amide bonds. The van der Waals surface area contributed by atoms with Gasteiger partial charge in [-0.1, -0.05) is 11.6 Å². The van der Waals surface area contributed by atoms with Crippen LogP contribution in [0.5, 0.6) is 0 Å². The van der Waals surface area contributed by atoms with Crippen molar-refractivity contribution in [1.82, 2.24) is 5.32 Å². The number of hydrogen-bond acceptors (Lipinski definition) is 4. The lowest BCUT2D eigenvalue weighted by atomic mass is 10.1. The van der Waals surface area contributed by atoms with Crippen LogP contribution in [-0.4, -0.2) is 37.4 Å². The number of nitrogen functional groups attached to an aromatic ring is 1. The number of anilines is 1. The Morgan fingerprint density at radius 2 is 2.35 bits per heavy atom. The second kappa shape index (κ2) is 6.44. The van der Waals surface area contributed by atoms with Gasteiger partial charge in [0, 0.05) is 24.4 Å². The summed E-state index contributed by atoms with van der Waals surface area (Å²) in [7, 11) is 1.47. The van der Waals surface area contributed by atoms with Crippen LogP contribution in [0.15, 0.2) is 18.2 Å². The highest BCUT2D eigenvalue weighted by atomic mass is 35.5. The van der Waals surface area contributed by atoms with Crippen LogP contribution in [0.1, 0.15) is 10.4 Å². The number of ether oxygens (including phenoxy) is 1. The van der Waals surface area contributed by atoms with Crippen molar-refractivity contribution in [3.8, 4) is 0 Å². The Morgan fingerprint density at radius 1 is 1.65 bits per heavy atom. The van der Waals surface area contributed by atoms with Gasteiger partial charge in [-0.2, -0.15) is 0 Å². The van der Waals surface area contributed by atoms with Crippen LogP contribution >= 0.6 is 11.6 Å². The molecule has 4 N–H and O–H groups in total. The first-order valence-corrected chi connectivity index (χ1v) is 5.42. The predicted octanol–water partition coefficient (Wildman–Crippen LogP) is 0.659. The fraction of sp³-hybridized carbons (Fsp3) is 0.364. The van der Waals surface area contributed by atoms with Crippen molar-refractivity contribution in [2.75, 3.05) is 26.0 Å². The summed E-state index contributed by atoms with van der Waals surface area (Å²) >= 11 is 5.72. The summed E-state index contributed by atoms with van der Waals surface area (Å²) in [4.78, 5) is 11.7. The van der Waals surface area contributed by atoms with Crippen LogP contribution in [0.25, 0.3) is 0 Å². The first-order chi connectivity index (χ1) is 8.04. The molecule has 5 nitrogen and oxygen atoms in total. The van der Waals surface area contributed by atoms with E-state index in [-0.39, 0.29) is 19.1 Å². The maximum absolute atomic E-state index is 11.7. The molecule has 1 aromatic carbocycles.